The minimum atomic E-state index is -4.66. The van der Waals surface area contributed by atoms with Gasteiger partial charge in [-0.05, 0) is 44.5 Å². The Bertz CT molecular complexity index is 1360. The molecule has 38 heavy (non-hydrogen) atoms. The second-order valence-corrected chi connectivity index (χ2v) is 10.7. The predicted octanol–water partition coefficient (Wildman–Crippen LogP) is 6.30. The summed E-state index contributed by atoms with van der Waals surface area (Å²) in [6, 6.07) is 7.37. The van der Waals surface area contributed by atoms with E-state index in [1.807, 2.05) is 0 Å². The Kier molecular flexibility index (Phi) is 7.62. The fourth-order valence-corrected chi connectivity index (χ4v) is 4.74. The molecule has 4 rings (SSSR count). The smallest absolute Gasteiger partial charge is 0.408 e. The third-order valence-corrected chi connectivity index (χ3v) is 6.46. The Labute approximate surface area is 223 Å². The summed E-state index contributed by atoms with van der Waals surface area (Å²) in [4.78, 5) is 27.0. The lowest BCUT2D eigenvalue weighted by Crippen LogP contribution is -2.49. The van der Waals surface area contributed by atoms with Gasteiger partial charge in [-0.1, -0.05) is 34.9 Å². The zero-order chi connectivity index (χ0) is 27.8. The number of carbonyl (C=O) groups excluding carboxylic acids is 2. The van der Waals surface area contributed by atoms with E-state index >= 15 is 4.39 Å². The number of alkyl carbamates (subject to hydrolysis) is 1. The molecule has 2 aromatic carbocycles. The van der Waals surface area contributed by atoms with Crippen molar-refractivity contribution in [1.82, 2.24) is 15.5 Å². The number of alkyl halides is 3. The summed E-state index contributed by atoms with van der Waals surface area (Å²) in [5.41, 5.74) is -0.648. The summed E-state index contributed by atoms with van der Waals surface area (Å²) in [7, 11) is 0. The lowest BCUT2D eigenvalue weighted by Gasteiger charge is -2.25. The number of amides is 2. The van der Waals surface area contributed by atoms with Crippen molar-refractivity contribution in [3.05, 3.63) is 53.1 Å². The molecule has 0 saturated carbocycles. The third kappa shape index (κ3) is 6.38. The molecule has 0 radical (unpaired) electrons. The highest BCUT2D eigenvalue weighted by Gasteiger charge is 2.40. The maximum absolute atomic E-state index is 16.1. The number of halogens is 5. The van der Waals surface area contributed by atoms with Crippen LogP contribution >= 0.6 is 23.4 Å². The molecule has 0 saturated heterocycles. The van der Waals surface area contributed by atoms with Gasteiger partial charge in [0.05, 0.1) is 0 Å². The van der Waals surface area contributed by atoms with E-state index in [0.29, 0.717) is 15.5 Å². The number of benzene rings is 2. The molecule has 0 aliphatic carbocycles. The molecule has 3 aromatic rings. The van der Waals surface area contributed by atoms with E-state index in [0.717, 1.165) is 11.8 Å². The van der Waals surface area contributed by atoms with E-state index < -0.39 is 54.0 Å². The molecule has 0 unspecified atom stereocenters. The lowest BCUT2D eigenvalue weighted by molar-refractivity contribution is -0.130. The molecule has 2 amide bonds. The average Bonchev–Trinajstić information content (AvgIpc) is 3.18. The molecular weight excluding hydrogens is 552 g/mol. The number of anilines is 2. The highest BCUT2D eigenvalue weighted by molar-refractivity contribution is 7.99. The van der Waals surface area contributed by atoms with Gasteiger partial charge < -0.3 is 14.5 Å². The number of fused-ring (bicyclic) bond motifs is 1. The maximum atomic E-state index is 16.1. The number of carbonyl (C=O) groups is 2. The second-order valence-electron chi connectivity index (χ2n) is 9.23. The van der Waals surface area contributed by atoms with Crippen molar-refractivity contribution in [2.75, 3.05) is 10.7 Å². The zero-order valence-electron chi connectivity index (χ0n) is 20.2. The minimum Gasteiger partial charge on any atom is -0.444 e. The van der Waals surface area contributed by atoms with Gasteiger partial charge in [-0.2, -0.15) is 13.2 Å². The van der Waals surface area contributed by atoms with Crippen LogP contribution in [0.15, 0.2) is 45.7 Å². The highest BCUT2D eigenvalue weighted by Crippen LogP contribution is 2.43. The van der Waals surface area contributed by atoms with Crippen LogP contribution < -0.4 is 10.2 Å². The normalized spacial score (nSPS) is 16.2. The van der Waals surface area contributed by atoms with E-state index in [2.05, 4.69) is 15.5 Å². The molecule has 1 aromatic heterocycles. The van der Waals surface area contributed by atoms with Gasteiger partial charge in [0, 0.05) is 21.2 Å². The van der Waals surface area contributed by atoms with Crippen molar-refractivity contribution in [1.29, 1.82) is 0 Å². The topological polar surface area (TPSA) is 97.6 Å². The van der Waals surface area contributed by atoms with Crippen molar-refractivity contribution in [3.63, 3.8) is 0 Å². The molecule has 0 bridgehead atoms. The first-order valence-electron chi connectivity index (χ1n) is 11.2. The van der Waals surface area contributed by atoms with Crippen LogP contribution in [0.2, 0.25) is 5.02 Å². The maximum Gasteiger partial charge on any atom is 0.408 e. The molecular formula is C24H21ClF4N4O4S. The van der Waals surface area contributed by atoms with Crippen LogP contribution in [0.5, 0.6) is 0 Å². The first-order valence-corrected chi connectivity index (χ1v) is 12.5. The quantitative estimate of drug-likeness (QED) is 0.367. The molecule has 0 fully saturated rings. The van der Waals surface area contributed by atoms with Crippen LogP contribution in [0.1, 0.15) is 26.7 Å². The van der Waals surface area contributed by atoms with Gasteiger partial charge in [0.1, 0.15) is 23.8 Å². The van der Waals surface area contributed by atoms with Crippen LogP contribution in [0.4, 0.5) is 34.1 Å². The Hall–Kier alpha value is -3.32. The summed E-state index contributed by atoms with van der Waals surface area (Å²) in [5, 5.41) is 9.84. The molecule has 1 N–H and O–H groups in total. The van der Waals surface area contributed by atoms with E-state index in [4.69, 9.17) is 20.8 Å². The number of aromatic nitrogens is 2. The van der Waals surface area contributed by atoms with Gasteiger partial charge in [-0.3, -0.25) is 4.79 Å². The number of hydrogen-bond donors (Lipinski definition) is 1. The van der Waals surface area contributed by atoms with Crippen molar-refractivity contribution >= 4 is 47.1 Å². The SMILES string of the molecule is CC(C)(C)OC(=O)N[C@H]1CSc2ccc(-c3ccc(Cl)cc3)c(F)c2N(c2nnc(CC(F)(F)F)o2)C1=O. The third-order valence-electron chi connectivity index (χ3n) is 5.07. The number of rotatable bonds is 4. The van der Waals surface area contributed by atoms with Crippen LogP contribution in [0.3, 0.4) is 0 Å². The summed E-state index contributed by atoms with van der Waals surface area (Å²) in [6.07, 6.45) is -7.11. The Morgan fingerprint density at radius 1 is 1.18 bits per heavy atom. The lowest BCUT2D eigenvalue weighted by atomic mass is 10.0. The van der Waals surface area contributed by atoms with Crippen LogP contribution in [-0.4, -0.2) is 45.8 Å². The monoisotopic (exact) mass is 572 g/mol. The Balaban J connectivity index is 1.80. The molecule has 202 valence electrons. The molecule has 14 heteroatoms. The zero-order valence-corrected chi connectivity index (χ0v) is 21.8. The molecule has 0 spiro atoms. The second kappa shape index (κ2) is 10.4. The average molecular weight is 573 g/mol. The number of ether oxygens (including phenoxy) is 1. The molecule has 2 heterocycles. The summed E-state index contributed by atoms with van der Waals surface area (Å²) in [6.45, 7) is 4.89. The van der Waals surface area contributed by atoms with Gasteiger partial charge in [-0.15, -0.1) is 16.9 Å². The summed E-state index contributed by atoms with van der Waals surface area (Å²) >= 11 is 6.99. The van der Waals surface area contributed by atoms with Gasteiger partial charge in [-0.25, -0.2) is 14.1 Å². The molecule has 1 atom stereocenters. The number of nitrogens with zero attached hydrogens (tertiary/aromatic N) is 3. The Morgan fingerprint density at radius 2 is 1.87 bits per heavy atom. The number of nitrogens with one attached hydrogen (secondary N) is 1. The van der Waals surface area contributed by atoms with Crippen molar-refractivity contribution in [2.45, 2.75) is 49.9 Å². The fourth-order valence-electron chi connectivity index (χ4n) is 3.56. The summed E-state index contributed by atoms with van der Waals surface area (Å²) in [5.74, 6) is -2.62. The molecule has 1 aliphatic rings. The van der Waals surface area contributed by atoms with Crippen LogP contribution in [-0.2, 0) is 16.0 Å². The fraction of sp³-hybridized carbons (Fsp3) is 0.333. The van der Waals surface area contributed by atoms with Crippen LogP contribution in [0.25, 0.3) is 11.1 Å². The minimum absolute atomic E-state index is 0.0369. The largest absolute Gasteiger partial charge is 0.444 e. The van der Waals surface area contributed by atoms with Crippen molar-refractivity contribution in [3.8, 4) is 11.1 Å². The number of hydrogen-bond acceptors (Lipinski definition) is 7. The van der Waals surface area contributed by atoms with Crippen molar-refractivity contribution in [2.24, 2.45) is 0 Å². The van der Waals surface area contributed by atoms with Gasteiger partial charge in [0.2, 0.25) is 5.89 Å². The summed E-state index contributed by atoms with van der Waals surface area (Å²) < 4.78 is 65.2. The molecule has 8 nitrogen and oxygen atoms in total. The van der Waals surface area contributed by atoms with Gasteiger partial charge in [0.15, 0.2) is 5.82 Å². The van der Waals surface area contributed by atoms with E-state index in [9.17, 15) is 22.8 Å². The number of thioether (sulfide) groups is 1. The van der Waals surface area contributed by atoms with E-state index in [-0.39, 0.29) is 21.9 Å². The van der Waals surface area contributed by atoms with Crippen LogP contribution in [0, 0.1) is 5.82 Å². The van der Waals surface area contributed by atoms with E-state index in [1.165, 1.54) is 6.07 Å². The first kappa shape index (κ1) is 27.7. The van der Waals surface area contributed by atoms with Crippen molar-refractivity contribution < 1.29 is 36.3 Å². The molecule has 1 aliphatic heterocycles. The predicted molar refractivity (Wildman–Crippen MR) is 132 cm³/mol. The van der Waals surface area contributed by atoms with E-state index in [1.54, 1.807) is 51.1 Å². The van der Waals surface area contributed by atoms with Gasteiger partial charge in [0.25, 0.3) is 5.91 Å². The van der Waals surface area contributed by atoms with Gasteiger partial charge >= 0.3 is 18.3 Å². The standard InChI is InChI=1S/C24H21ClF4N4O4S/c1-23(2,3)37-22(35)30-15-11-38-16-9-8-14(12-4-6-13(25)7-5-12)18(26)19(16)33(20(15)34)21-32-31-17(36-21)10-24(27,28)29/h4-9,15H,10-11H2,1-3H3,(H,30,35)/t15-/m0/s1. The first-order chi connectivity index (χ1) is 17.7. The highest BCUT2D eigenvalue weighted by atomic mass is 35.5. The Morgan fingerprint density at radius 3 is 2.50 bits per heavy atom.